The van der Waals surface area contributed by atoms with Crippen molar-refractivity contribution in [3.05, 3.63) is 47.5 Å². The van der Waals surface area contributed by atoms with Gasteiger partial charge >= 0.3 is 0 Å². The lowest BCUT2D eigenvalue weighted by Gasteiger charge is -2.14. The lowest BCUT2D eigenvalue weighted by molar-refractivity contribution is 0.0903. The summed E-state index contributed by atoms with van der Waals surface area (Å²) >= 11 is 0. The molecule has 0 fully saturated rings. The van der Waals surface area contributed by atoms with Crippen molar-refractivity contribution in [3.63, 3.8) is 0 Å². The molecule has 6 heteroatoms. The predicted molar refractivity (Wildman–Crippen MR) is 84.9 cm³/mol. The maximum absolute atomic E-state index is 12.0. The molecule has 2 aromatic carbocycles. The van der Waals surface area contributed by atoms with Gasteiger partial charge in [-0.15, -0.1) is 0 Å². The van der Waals surface area contributed by atoms with Gasteiger partial charge in [-0.2, -0.15) is 0 Å². The van der Waals surface area contributed by atoms with Crippen LogP contribution in [0.3, 0.4) is 0 Å². The third-order valence-electron chi connectivity index (χ3n) is 3.45. The van der Waals surface area contributed by atoms with Crippen LogP contribution in [0.4, 0.5) is 0 Å². The number of carbonyl (C=O) groups is 2. The molecule has 0 saturated heterocycles. The summed E-state index contributed by atoms with van der Waals surface area (Å²) in [7, 11) is 2.96. The molecule has 0 aliphatic rings. The van der Waals surface area contributed by atoms with Gasteiger partial charge in [-0.25, -0.2) is 0 Å². The van der Waals surface area contributed by atoms with Crippen molar-refractivity contribution < 1.29 is 24.2 Å². The number of hydrogen-bond acceptors (Lipinski definition) is 5. The molecule has 0 atom stereocenters. The van der Waals surface area contributed by atoms with E-state index in [4.69, 9.17) is 15.2 Å². The molecule has 23 heavy (non-hydrogen) atoms. The molecular formula is C17H17NO5. The molecule has 6 nitrogen and oxygen atoms in total. The van der Waals surface area contributed by atoms with Gasteiger partial charge in [0.05, 0.1) is 19.8 Å². The van der Waals surface area contributed by atoms with Crippen molar-refractivity contribution in [2.24, 2.45) is 5.73 Å². The topological polar surface area (TPSA) is 98.8 Å². The average molecular weight is 315 g/mol. The van der Waals surface area contributed by atoms with E-state index in [1.54, 1.807) is 24.3 Å². The molecule has 0 saturated carbocycles. The van der Waals surface area contributed by atoms with Gasteiger partial charge in [0, 0.05) is 5.56 Å². The summed E-state index contributed by atoms with van der Waals surface area (Å²) in [4.78, 5) is 23.8. The molecule has 2 aromatic rings. The van der Waals surface area contributed by atoms with Crippen molar-refractivity contribution in [1.29, 1.82) is 0 Å². The van der Waals surface area contributed by atoms with Crippen molar-refractivity contribution in [2.45, 2.75) is 0 Å². The number of rotatable bonds is 6. The standard InChI is InChI=1S/C17H17NO5/c1-22-10-3-5-12(14(7-10)16(20)9-19)13-6-4-11(23-2)8-15(13)17(18)21/h3-8,19H,9H2,1-2H3,(H2,18,21). The van der Waals surface area contributed by atoms with E-state index < -0.39 is 18.3 Å². The van der Waals surface area contributed by atoms with Gasteiger partial charge < -0.3 is 20.3 Å². The van der Waals surface area contributed by atoms with Crippen LogP contribution in [0.1, 0.15) is 20.7 Å². The van der Waals surface area contributed by atoms with Gasteiger partial charge in [0.1, 0.15) is 18.1 Å². The first kappa shape index (κ1) is 16.5. The highest BCUT2D eigenvalue weighted by Gasteiger charge is 2.18. The maximum Gasteiger partial charge on any atom is 0.249 e. The van der Waals surface area contributed by atoms with Crippen molar-refractivity contribution in [3.8, 4) is 22.6 Å². The largest absolute Gasteiger partial charge is 0.497 e. The summed E-state index contributed by atoms with van der Waals surface area (Å²) < 4.78 is 10.2. The number of primary amides is 1. The summed E-state index contributed by atoms with van der Waals surface area (Å²) in [6.45, 7) is -0.651. The molecule has 0 aliphatic heterocycles. The molecular weight excluding hydrogens is 298 g/mol. The summed E-state index contributed by atoms with van der Waals surface area (Å²) in [5, 5.41) is 9.18. The minimum absolute atomic E-state index is 0.224. The van der Waals surface area contributed by atoms with Crippen LogP contribution in [0.2, 0.25) is 0 Å². The van der Waals surface area contributed by atoms with E-state index in [-0.39, 0.29) is 11.1 Å². The van der Waals surface area contributed by atoms with Gasteiger partial charge in [-0.05, 0) is 47.5 Å². The second-order valence-electron chi connectivity index (χ2n) is 4.77. The Hall–Kier alpha value is -2.86. The van der Waals surface area contributed by atoms with Crippen LogP contribution in [0.25, 0.3) is 11.1 Å². The van der Waals surface area contributed by atoms with E-state index in [1.807, 2.05) is 0 Å². The molecule has 1 amide bonds. The average Bonchev–Trinajstić information content (AvgIpc) is 2.59. The fourth-order valence-corrected chi connectivity index (χ4v) is 2.29. The molecule has 0 spiro atoms. The molecule has 0 bridgehead atoms. The smallest absolute Gasteiger partial charge is 0.249 e. The van der Waals surface area contributed by atoms with Crippen LogP contribution in [-0.4, -0.2) is 37.6 Å². The van der Waals surface area contributed by atoms with E-state index in [0.717, 1.165) is 0 Å². The summed E-state index contributed by atoms with van der Waals surface area (Å²) in [6, 6.07) is 9.65. The maximum atomic E-state index is 12.0. The van der Waals surface area contributed by atoms with Crippen LogP contribution in [-0.2, 0) is 0 Å². The van der Waals surface area contributed by atoms with Gasteiger partial charge in [0.15, 0.2) is 5.78 Å². The molecule has 2 rings (SSSR count). The Labute approximate surface area is 133 Å². The Morgan fingerprint density at radius 2 is 1.43 bits per heavy atom. The molecule has 0 aromatic heterocycles. The molecule has 0 unspecified atom stereocenters. The number of hydrogen-bond donors (Lipinski definition) is 2. The van der Waals surface area contributed by atoms with E-state index in [9.17, 15) is 14.7 Å². The minimum atomic E-state index is -0.651. The molecule has 0 heterocycles. The highest BCUT2D eigenvalue weighted by molar-refractivity contribution is 6.07. The number of methoxy groups -OCH3 is 2. The highest BCUT2D eigenvalue weighted by atomic mass is 16.5. The Morgan fingerprint density at radius 1 is 0.957 bits per heavy atom. The fraction of sp³-hybridized carbons (Fsp3) is 0.176. The molecule has 3 N–H and O–H groups in total. The zero-order chi connectivity index (χ0) is 17.0. The number of aliphatic hydroxyl groups excluding tert-OH is 1. The third kappa shape index (κ3) is 3.32. The highest BCUT2D eigenvalue weighted by Crippen LogP contribution is 2.32. The molecule has 120 valence electrons. The number of amides is 1. The quantitative estimate of drug-likeness (QED) is 0.790. The lowest BCUT2D eigenvalue weighted by Crippen LogP contribution is -2.14. The first-order valence-corrected chi connectivity index (χ1v) is 6.82. The zero-order valence-corrected chi connectivity index (χ0v) is 12.8. The van der Waals surface area contributed by atoms with Gasteiger partial charge in [0.2, 0.25) is 5.91 Å². The fourth-order valence-electron chi connectivity index (χ4n) is 2.29. The predicted octanol–water partition coefficient (Wildman–Crippen LogP) is 1.64. The lowest BCUT2D eigenvalue weighted by atomic mass is 9.93. The van der Waals surface area contributed by atoms with Gasteiger partial charge in [-0.3, -0.25) is 9.59 Å². The van der Waals surface area contributed by atoms with E-state index in [0.29, 0.717) is 22.6 Å². The first-order chi connectivity index (χ1) is 11.0. The van der Waals surface area contributed by atoms with Gasteiger partial charge in [0.25, 0.3) is 0 Å². The second-order valence-corrected chi connectivity index (χ2v) is 4.77. The Bertz CT molecular complexity index is 755. The minimum Gasteiger partial charge on any atom is -0.497 e. The van der Waals surface area contributed by atoms with E-state index >= 15 is 0 Å². The van der Waals surface area contributed by atoms with Crippen LogP contribution in [0.5, 0.6) is 11.5 Å². The van der Waals surface area contributed by atoms with Crippen molar-refractivity contribution in [2.75, 3.05) is 20.8 Å². The SMILES string of the molecule is COc1ccc(-c2ccc(OC)cc2C(=O)CO)c(C(N)=O)c1. The van der Waals surface area contributed by atoms with Crippen LogP contribution >= 0.6 is 0 Å². The van der Waals surface area contributed by atoms with Crippen molar-refractivity contribution in [1.82, 2.24) is 0 Å². The Balaban J connectivity index is 2.70. The number of aliphatic hydroxyl groups is 1. The first-order valence-electron chi connectivity index (χ1n) is 6.82. The number of ketones is 1. The summed E-state index contributed by atoms with van der Waals surface area (Å²) in [5.74, 6) is -0.173. The van der Waals surface area contributed by atoms with Gasteiger partial charge in [-0.1, -0.05) is 0 Å². The van der Waals surface area contributed by atoms with Crippen LogP contribution in [0, 0.1) is 0 Å². The number of Topliss-reactive ketones (excluding diaryl/α,β-unsaturated/α-hetero) is 1. The third-order valence-corrected chi connectivity index (χ3v) is 3.45. The van der Waals surface area contributed by atoms with Crippen LogP contribution in [0.15, 0.2) is 36.4 Å². The van der Waals surface area contributed by atoms with E-state index in [1.165, 1.54) is 26.4 Å². The van der Waals surface area contributed by atoms with E-state index in [2.05, 4.69) is 0 Å². The molecule has 0 aliphatic carbocycles. The summed E-state index contributed by atoms with van der Waals surface area (Å²) in [5.41, 5.74) is 6.88. The number of nitrogens with two attached hydrogens (primary N) is 1. The van der Waals surface area contributed by atoms with Crippen molar-refractivity contribution >= 4 is 11.7 Å². The Kier molecular flexibility index (Phi) is 4.98. The summed E-state index contributed by atoms with van der Waals surface area (Å²) in [6.07, 6.45) is 0. The normalized spacial score (nSPS) is 10.2. The van der Waals surface area contributed by atoms with Crippen LogP contribution < -0.4 is 15.2 Å². The number of ether oxygens (including phenoxy) is 2. The molecule has 0 radical (unpaired) electrons. The number of benzene rings is 2. The Morgan fingerprint density at radius 3 is 1.87 bits per heavy atom. The zero-order valence-electron chi connectivity index (χ0n) is 12.8. The monoisotopic (exact) mass is 315 g/mol. The second kappa shape index (κ2) is 6.93. The number of carbonyl (C=O) groups excluding carboxylic acids is 2.